The summed E-state index contributed by atoms with van der Waals surface area (Å²) >= 11 is 0. The van der Waals surface area contributed by atoms with Crippen LogP contribution >= 0.6 is 0 Å². The van der Waals surface area contributed by atoms with Gasteiger partial charge in [0.1, 0.15) is 11.6 Å². The average molecular weight is 356 g/mol. The van der Waals surface area contributed by atoms with E-state index in [9.17, 15) is 19.5 Å². The highest BCUT2D eigenvalue weighted by atomic mass is 16.7. The van der Waals surface area contributed by atoms with E-state index in [-0.39, 0.29) is 18.4 Å². The molecule has 3 unspecified atom stereocenters. The maximum Gasteiger partial charge on any atom is 0.441 e. The average Bonchev–Trinajstić information content (AvgIpc) is 2.86. The maximum atomic E-state index is 12.5. The molecule has 2 aliphatic rings. The molecule has 2 rings (SSSR count). The number of nitrogens with zero attached hydrogens (tertiary/aromatic N) is 1. The normalized spacial score (nSPS) is 27.6. The Bertz CT molecular complexity index is 516. The Balaban J connectivity index is 2.00. The van der Waals surface area contributed by atoms with Gasteiger partial charge in [-0.2, -0.15) is 0 Å². The minimum Gasteiger partial charge on any atom is -0.442 e. The summed E-state index contributed by atoms with van der Waals surface area (Å²) in [5.74, 6) is -0.914. The van der Waals surface area contributed by atoms with Gasteiger partial charge in [-0.25, -0.2) is 9.59 Å². The van der Waals surface area contributed by atoms with Crippen LogP contribution in [0.5, 0.6) is 0 Å². The number of hydroxylamine groups is 1. The number of aliphatic hydroxyl groups excluding tert-OH is 1. The van der Waals surface area contributed by atoms with Crippen LogP contribution in [0.25, 0.3) is 0 Å². The third kappa shape index (κ3) is 5.32. The number of carbonyl (C=O) groups is 3. The molecule has 8 heteroatoms. The second-order valence-corrected chi connectivity index (χ2v) is 7.67. The molecule has 0 bridgehead atoms. The summed E-state index contributed by atoms with van der Waals surface area (Å²) in [4.78, 5) is 42.7. The molecule has 8 nitrogen and oxygen atoms in total. The van der Waals surface area contributed by atoms with Gasteiger partial charge in [-0.05, 0) is 33.6 Å². The quantitative estimate of drug-likeness (QED) is 0.692. The van der Waals surface area contributed by atoms with Crippen LogP contribution in [0.15, 0.2) is 0 Å². The largest absolute Gasteiger partial charge is 0.442 e. The van der Waals surface area contributed by atoms with Crippen LogP contribution in [-0.2, 0) is 19.2 Å². The summed E-state index contributed by atoms with van der Waals surface area (Å²) in [6, 6.07) is -1.26. The first kappa shape index (κ1) is 19.5. The highest BCUT2D eigenvalue weighted by molar-refractivity contribution is 5.86. The lowest BCUT2D eigenvalue weighted by Gasteiger charge is -2.29. The molecule has 0 aliphatic carbocycles. The molecule has 2 amide bonds. The van der Waals surface area contributed by atoms with E-state index < -0.39 is 29.8 Å². The zero-order valence-corrected chi connectivity index (χ0v) is 15.1. The maximum absolute atomic E-state index is 12.5. The van der Waals surface area contributed by atoms with Crippen molar-refractivity contribution in [1.29, 1.82) is 0 Å². The fourth-order valence-electron chi connectivity index (χ4n) is 3.39. The second kappa shape index (κ2) is 8.03. The van der Waals surface area contributed by atoms with Crippen molar-refractivity contribution in [3.8, 4) is 0 Å². The number of fused-ring (bicyclic) bond motifs is 1. The van der Waals surface area contributed by atoms with Crippen molar-refractivity contribution in [2.45, 2.75) is 89.5 Å². The van der Waals surface area contributed by atoms with Crippen molar-refractivity contribution in [2.75, 3.05) is 0 Å². The van der Waals surface area contributed by atoms with Crippen molar-refractivity contribution in [1.82, 2.24) is 10.4 Å². The van der Waals surface area contributed by atoms with Crippen molar-refractivity contribution in [3.05, 3.63) is 0 Å². The number of nitrogens with one attached hydrogen (secondary N) is 1. The first-order valence-electron chi connectivity index (χ1n) is 8.88. The Morgan fingerprint density at radius 1 is 1.20 bits per heavy atom. The van der Waals surface area contributed by atoms with Crippen LogP contribution in [0.4, 0.5) is 4.79 Å². The van der Waals surface area contributed by atoms with E-state index >= 15 is 0 Å². The molecule has 0 aromatic carbocycles. The highest BCUT2D eigenvalue weighted by Crippen LogP contribution is 2.31. The van der Waals surface area contributed by atoms with Gasteiger partial charge >= 0.3 is 12.1 Å². The Morgan fingerprint density at radius 3 is 2.56 bits per heavy atom. The molecule has 2 N–H and O–H groups in total. The van der Waals surface area contributed by atoms with Crippen molar-refractivity contribution < 1.29 is 29.1 Å². The molecule has 2 fully saturated rings. The van der Waals surface area contributed by atoms with Gasteiger partial charge in [0.2, 0.25) is 5.91 Å². The molecule has 0 spiro atoms. The van der Waals surface area contributed by atoms with Crippen LogP contribution in [0.2, 0.25) is 0 Å². The molecule has 2 heterocycles. The van der Waals surface area contributed by atoms with E-state index in [0.29, 0.717) is 12.8 Å². The first-order chi connectivity index (χ1) is 11.7. The number of rotatable bonds is 1. The second-order valence-electron chi connectivity index (χ2n) is 7.67. The number of hydrogen-bond donors (Lipinski definition) is 2. The lowest BCUT2D eigenvalue weighted by Crippen LogP contribution is -2.48. The third-order valence-electron chi connectivity index (χ3n) is 4.44. The molecular formula is C17H28N2O6. The van der Waals surface area contributed by atoms with Crippen LogP contribution in [0.1, 0.15) is 65.7 Å². The van der Waals surface area contributed by atoms with Gasteiger partial charge in [0, 0.05) is 12.8 Å². The summed E-state index contributed by atoms with van der Waals surface area (Å²) in [5, 5.41) is 10.3. The van der Waals surface area contributed by atoms with E-state index in [1.807, 2.05) is 5.48 Å². The molecule has 0 aromatic rings. The fraction of sp³-hybridized carbons (Fsp3) is 0.824. The molecule has 2 saturated heterocycles. The SMILES string of the molecule is CC(C)(C)OC(=O)NOC(=O)C1CC(O)C2CCCCCCC(=O)N12. The van der Waals surface area contributed by atoms with Crippen LogP contribution in [0, 0.1) is 0 Å². The van der Waals surface area contributed by atoms with Gasteiger partial charge in [0.05, 0.1) is 12.1 Å². The molecule has 2 aliphatic heterocycles. The number of hydrogen-bond acceptors (Lipinski definition) is 6. The number of ether oxygens (including phenoxy) is 1. The summed E-state index contributed by atoms with van der Waals surface area (Å²) < 4.78 is 5.00. The summed E-state index contributed by atoms with van der Waals surface area (Å²) in [6.45, 7) is 5.07. The Labute approximate surface area is 147 Å². The topological polar surface area (TPSA) is 105 Å². The molecular weight excluding hydrogens is 328 g/mol. The first-order valence-corrected chi connectivity index (χ1v) is 8.88. The Hall–Kier alpha value is -1.83. The zero-order chi connectivity index (χ0) is 18.6. The van der Waals surface area contributed by atoms with Gasteiger partial charge < -0.3 is 19.6 Å². The molecule has 0 radical (unpaired) electrons. The van der Waals surface area contributed by atoms with Crippen LogP contribution < -0.4 is 5.48 Å². The predicted molar refractivity (Wildman–Crippen MR) is 88.2 cm³/mol. The highest BCUT2D eigenvalue weighted by Gasteiger charge is 2.47. The van der Waals surface area contributed by atoms with Crippen LogP contribution in [-0.4, -0.2) is 51.8 Å². The lowest BCUT2D eigenvalue weighted by molar-refractivity contribution is -0.160. The molecule has 0 saturated carbocycles. The van der Waals surface area contributed by atoms with Gasteiger partial charge in [-0.1, -0.05) is 19.3 Å². The van der Waals surface area contributed by atoms with E-state index in [1.165, 1.54) is 4.90 Å². The summed E-state index contributed by atoms with van der Waals surface area (Å²) in [6.07, 6.45) is 3.15. The lowest BCUT2D eigenvalue weighted by atomic mass is 10.0. The van der Waals surface area contributed by atoms with Crippen molar-refractivity contribution >= 4 is 18.0 Å². The number of aliphatic hydroxyl groups is 1. The van der Waals surface area contributed by atoms with Crippen molar-refractivity contribution in [3.63, 3.8) is 0 Å². The Kier molecular flexibility index (Phi) is 6.26. The Morgan fingerprint density at radius 2 is 1.88 bits per heavy atom. The number of amides is 2. The summed E-state index contributed by atoms with van der Waals surface area (Å²) in [7, 11) is 0. The third-order valence-corrected chi connectivity index (χ3v) is 4.44. The zero-order valence-electron chi connectivity index (χ0n) is 15.1. The molecule has 3 atom stereocenters. The summed E-state index contributed by atoms with van der Waals surface area (Å²) in [5.41, 5.74) is 1.23. The van der Waals surface area contributed by atoms with E-state index in [1.54, 1.807) is 20.8 Å². The van der Waals surface area contributed by atoms with E-state index in [2.05, 4.69) is 0 Å². The minimum atomic E-state index is -0.888. The van der Waals surface area contributed by atoms with Gasteiger partial charge in [-0.3, -0.25) is 4.79 Å². The van der Waals surface area contributed by atoms with Gasteiger partial charge in [-0.15, -0.1) is 5.48 Å². The van der Waals surface area contributed by atoms with E-state index in [4.69, 9.17) is 9.57 Å². The van der Waals surface area contributed by atoms with Crippen LogP contribution in [0.3, 0.4) is 0 Å². The van der Waals surface area contributed by atoms with Gasteiger partial charge in [0.25, 0.3) is 0 Å². The predicted octanol–water partition coefficient (Wildman–Crippen LogP) is 1.65. The fourth-order valence-corrected chi connectivity index (χ4v) is 3.39. The molecule has 0 aromatic heterocycles. The number of carbonyl (C=O) groups excluding carboxylic acids is 3. The monoisotopic (exact) mass is 356 g/mol. The smallest absolute Gasteiger partial charge is 0.441 e. The standard InChI is InChI=1S/C17H28N2O6/c1-17(2,3)24-16(23)18-25-15(22)12-10-13(20)11-8-6-4-5-7-9-14(21)19(11)12/h11-13,20H,4-10H2,1-3H3,(H,18,23). The van der Waals surface area contributed by atoms with Crippen molar-refractivity contribution in [2.24, 2.45) is 0 Å². The molecule has 25 heavy (non-hydrogen) atoms. The van der Waals surface area contributed by atoms with Gasteiger partial charge in [0.15, 0.2) is 0 Å². The minimum absolute atomic E-state index is 0.116. The molecule has 142 valence electrons. The van der Waals surface area contributed by atoms with E-state index in [0.717, 1.165) is 25.7 Å².